The van der Waals surface area contributed by atoms with Crippen LogP contribution in [-0.2, 0) is 0 Å². The number of allylic oxidation sites excluding steroid dienone is 1. The second-order valence-electron chi connectivity index (χ2n) is 3.06. The summed E-state index contributed by atoms with van der Waals surface area (Å²) in [6.07, 6.45) is 0.749. The van der Waals surface area contributed by atoms with Crippen LogP contribution in [0.3, 0.4) is 0 Å². The van der Waals surface area contributed by atoms with Crippen molar-refractivity contribution in [1.29, 1.82) is 10.5 Å². The first-order chi connectivity index (χ1) is 8.92. The number of hydrogen-bond acceptors (Lipinski definition) is 5. The Balaban J connectivity index is 3.39. The molecule has 96 valence electrons. The zero-order chi connectivity index (χ0) is 14.6. The van der Waals surface area contributed by atoms with E-state index in [1.54, 1.807) is 0 Å². The molecule has 0 spiro atoms. The molecule has 0 atom stereocenters. The van der Waals surface area contributed by atoms with Crippen molar-refractivity contribution in [2.75, 3.05) is 5.32 Å². The molecule has 0 aliphatic carbocycles. The molecule has 6 nitrogen and oxygen atoms in total. The molecule has 19 heavy (non-hydrogen) atoms. The van der Waals surface area contributed by atoms with Gasteiger partial charge >= 0.3 is 0 Å². The topological polar surface area (TPSA) is 103 Å². The van der Waals surface area contributed by atoms with Crippen molar-refractivity contribution < 1.29 is 13.7 Å². The van der Waals surface area contributed by atoms with Gasteiger partial charge in [0.25, 0.3) is 5.69 Å². The quantitative estimate of drug-likeness (QED) is 0.397. The predicted molar refractivity (Wildman–Crippen MR) is 63.6 cm³/mol. The molecule has 1 aromatic rings. The molecule has 0 aliphatic rings. The molecule has 0 aliphatic heterocycles. The van der Waals surface area contributed by atoms with Crippen LogP contribution >= 0.6 is 15.9 Å². The van der Waals surface area contributed by atoms with Crippen LogP contribution in [0, 0.1) is 44.4 Å². The number of halogens is 3. The van der Waals surface area contributed by atoms with Crippen LogP contribution in [0.4, 0.5) is 20.2 Å². The molecular formula is C10H3BrF2N4O2. The SMILES string of the molecule is N#CC(C#N)=CNc1c([N+](=O)[O-])cc(Br)c(F)c1F. The van der Waals surface area contributed by atoms with Crippen molar-refractivity contribution >= 4 is 27.3 Å². The fourth-order valence-electron chi connectivity index (χ4n) is 1.10. The zero-order valence-corrected chi connectivity index (χ0v) is 10.5. The Morgan fingerprint density at radius 3 is 2.47 bits per heavy atom. The van der Waals surface area contributed by atoms with Crippen molar-refractivity contribution in [2.24, 2.45) is 0 Å². The fourth-order valence-corrected chi connectivity index (χ4v) is 1.49. The summed E-state index contributed by atoms with van der Waals surface area (Å²) < 4.78 is 26.5. The smallest absolute Gasteiger partial charge is 0.297 e. The van der Waals surface area contributed by atoms with Gasteiger partial charge in [-0.1, -0.05) is 0 Å². The van der Waals surface area contributed by atoms with Crippen LogP contribution in [0.1, 0.15) is 0 Å². The lowest BCUT2D eigenvalue weighted by atomic mass is 10.2. The van der Waals surface area contributed by atoms with Crippen molar-refractivity contribution in [3.63, 3.8) is 0 Å². The Morgan fingerprint density at radius 1 is 1.42 bits per heavy atom. The maximum absolute atomic E-state index is 13.6. The minimum Gasteiger partial charge on any atom is -0.352 e. The molecule has 0 aromatic heterocycles. The first-order valence-corrected chi connectivity index (χ1v) is 5.30. The number of nitrogens with zero attached hydrogens (tertiary/aromatic N) is 3. The van der Waals surface area contributed by atoms with Crippen molar-refractivity contribution in [3.05, 3.63) is 44.1 Å². The van der Waals surface area contributed by atoms with Gasteiger partial charge in [-0.2, -0.15) is 10.5 Å². The van der Waals surface area contributed by atoms with E-state index in [4.69, 9.17) is 10.5 Å². The Labute approximate surface area is 113 Å². The van der Waals surface area contributed by atoms with E-state index in [9.17, 15) is 18.9 Å². The van der Waals surface area contributed by atoms with E-state index < -0.39 is 38.0 Å². The number of hydrogen-bond donors (Lipinski definition) is 1. The summed E-state index contributed by atoms with van der Waals surface area (Å²) in [6.45, 7) is 0. The summed E-state index contributed by atoms with van der Waals surface area (Å²) in [6, 6.07) is 3.69. The molecule has 0 fully saturated rings. The molecule has 1 rings (SSSR count). The van der Waals surface area contributed by atoms with Crippen molar-refractivity contribution in [1.82, 2.24) is 0 Å². The number of nitriles is 2. The highest BCUT2D eigenvalue weighted by Gasteiger charge is 2.24. The highest BCUT2D eigenvalue weighted by atomic mass is 79.9. The normalized spacial score (nSPS) is 9.11. The van der Waals surface area contributed by atoms with Crippen molar-refractivity contribution in [3.8, 4) is 12.1 Å². The molecule has 0 heterocycles. The predicted octanol–water partition coefficient (Wildman–Crippen LogP) is 2.98. The minimum atomic E-state index is -1.49. The maximum atomic E-state index is 13.6. The molecule has 9 heteroatoms. The third kappa shape index (κ3) is 3.03. The van der Waals surface area contributed by atoms with E-state index in [0.29, 0.717) is 0 Å². The van der Waals surface area contributed by atoms with E-state index in [0.717, 1.165) is 12.3 Å². The van der Waals surface area contributed by atoms with Gasteiger partial charge in [-0.25, -0.2) is 8.78 Å². The highest BCUT2D eigenvalue weighted by molar-refractivity contribution is 9.10. The Hall–Kier alpha value is -2.52. The van der Waals surface area contributed by atoms with Gasteiger partial charge in [0.05, 0.1) is 9.40 Å². The van der Waals surface area contributed by atoms with Gasteiger partial charge in [-0.05, 0) is 15.9 Å². The Morgan fingerprint density at radius 2 is 2.00 bits per heavy atom. The second kappa shape index (κ2) is 5.89. The summed E-state index contributed by atoms with van der Waals surface area (Å²) in [4.78, 5) is 9.80. The molecule has 0 saturated carbocycles. The monoisotopic (exact) mass is 328 g/mol. The molecule has 0 saturated heterocycles. The lowest BCUT2D eigenvalue weighted by Gasteiger charge is -2.06. The molecule has 1 aromatic carbocycles. The number of nitro groups is 1. The fraction of sp³-hybridized carbons (Fsp3) is 0. The standard InChI is InChI=1S/C10H3BrF2N4O2/c11-6-1-7(17(18)19)10(9(13)8(6)12)16-4-5(2-14)3-15/h1,4,16H. The van der Waals surface area contributed by atoms with Crippen LogP contribution < -0.4 is 5.32 Å². The molecule has 0 bridgehead atoms. The number of nitro benzene ring substituents is 1. The van der Waals surface area contributed by atoms with Gasteiger partial charge in [0.1, 0.15) is 17.7 Å². The van der Waals surface area contributed by atoms with Gasteiger partial charge in [0.15, 0.2) is 17.3 Å². The molecular weight excluding hydrogens is 326 g/mol. The van der Waals surface area contributed by atoms with Gasteiger partial charge in [0.2, 0.25) is 0 Å². The summed E-state index contributed by atoms with van der Waals surface area (Å²) in [5.41, 5.74) is -1.96. The number of anilines is 1. The van der Waals surface area contributed by atoms with E-state index in [2.05, 4.69) is 15.9 Å². The van der Waals surface area contributed by atoms with E-state index in [-0.39, 0.29) is 0 Å². The highest BCUT2D eigenvalue weighted by Crippen LogP contribution is 2.34. The number of nitrogens with one attached hydrogen (secondary N) is 1. The van der Waals surface area contributed by atoms with E-state index in [1.807, 2.05) is 5.32 Å². The van der Waals surface area contributed by atoms with Crippen molar-refractivity contribution in [2.45, 2.75) is 0 Å². The van der Waals surface area contributed by atoms with E-state index in [1.165, 1.54) is 12.1 Å². The van der Waals surface area contributed by atoms with E-state index >= 15 is 0 Å². The van der Waals surface area contributed by atoms with Crippen LogP contribution in [-0.4, -0.2) is 4.92 Å². The molecule has 0 unspecified atom stereocenters. The van der Waals surface area contributed by atoms with Crippen LogP contribution in [0.15, 0.2) is 22.3 Å². The lowest BCUT2D eigenvalue weighted by Crippen LogP contribution is -2.02. The third-order valence-electron chi connectivity index (χ3n) is 1.94. The minimum absolute atomic E-state index is 0.410. The van der Waals surface area contributed by atoms with Gasteiger partial charge in [-0.15, -0.1) is 0 Å². The average Bonchev–Trinajstić information content (AvgIpc) is 2.38. The molecule has 0 amide bonds. The maximum Gasteiger partial charge on any atom is 0.297 e. The summed E-state index contributed by atoms with van der Waals surface area (Å²) >= 11 is 2.64. The first-order valence-electron chi connectivity index (χ1n) is 4.51. The van der Waals surface area contributed by atoms with Crippen LogP contribution in [0.5, 0.6) is 0 Å². The number of rotatable bonds is 3. The third-order valence-corrected chi connectivity index (χ3v) is 2.52. The Bertz CT molecular complexity index is 645. The first kappa shape index (κ1) is 14.5. The molecule has 0 radical (unpaired) electrons. The summed E-state index contributed by atoms with van der Waals surface area (Å²) in [5.74, 6) is -2.82. The largest absolute Gasteiger partial charge is 0.352 e. The second-order valence-corrected chi connectivity index (χ2v) is 3.92. The average molecular weight is 329 g/mol. The van der Waals surface area contributed by atoms with Gasteiger partial charge < -0.3 is 5.32 Å². The number of benzene rings is 1. The molecule has 1 N–H and O–H groups in total. The van der Waals surface area contributed by atoms with Gasteiger partial charge in [-0.3, -0.25) is 10.1 Å². The Kier molecular flexibility index (Phi) is 4.51. The van der Waals surface area contributed by atoms with Crippen LogP contribution in [0.2, 0.25) is 0 Å². The van der Waals surface area contributed by atoms with Crippen LogP contribution in [0.25, 0.3) is 0 Å². The lowest BCUT2D eigenvalue weighted by molar-refractivity contribution is -0.384. The summed E-state index contributed by atoms with van der Waals surface area (Å²) in [5, 5.41) is 29.7. The summed E-state index contributed by atoms with van der Waals surface area (Å²) in [7, 11) is 0. The van der Waals surface area contributed by atoms with Gasteiger partial charge in [0, 0.05) is 12.3 Å². The zero-order valence-electron chi connectivity index (χ0n) is 8.95.